The van der Waals surface area contributed by atoms with Crippen molar-refractivity contribution in [2.45, 2.75) is 78.0 Å². The second kappa shape index (κ2) is 9.00. The van der Waals surface area contributed by atoms with Gasteiger partial charge in [0, 0.05) is 23.2 Å². The van der Waals surface area contributed by atoms with E-state index in [2.05, 4.69) is 93.0 Å². The van der Waals surface area contributed by atoms with Gasteiger partial charge in [0.1, 0.15) is 5.82 Å². The van der Waals surface area contributed by atoms with E-state index in [1.54, 1.807) is 0 Å². The van der Waals surface area contributed by atoms with Crippen LogP contribution in [0.15, 0.2) is 54.6 Å². The zero-order chi connectivity index (χ0) is 25.8. The maximum atomic E-state index is 6.41. The van der Waals surface area contributed by atoms with Crippen LogP contribution in [-0.2, 0) is 28.7 Å². The highest BCUT2D eigenvalue weighted by molar-refractivity contribution is 6.65. The fraction of sp³-hybridized carbons (Fsp3) is 0.400. The van der Waals surface area contributed by atoms with Gasteiger partial charge in [-0.2, -0.15) is 4.98 Å². The highest BCUT2D eigenvalue weighted by Crippen LogP contribution is 2.37. The predicted molar refractivity (Wildman–Crippen MR) is 150 cm³/mol. The van der Waals surface area contributed by atoms with E-state index in [-0.39, 0.29) is 0 Å². The van der Waals surface area contributed by atoms with E-state index in [0.29, 0.717) is 0 Å². The van der Waals surface area contributed by atoms with Crippen LogP contribution in [0.4, 0.5) is 5.82 Å². The Morgan fingerprint density at radius 2 is 1.65 bits per heavy atom. The number of hydrogen-bond donors (Lipinski definition) is 1. The van der Waals surface area contributed by atoms with Crippen molar-refractivity contribution in [3.8, 4) is 5.95 Å². The first-order valence-corrected chi connectivity index (χ1v) is 13.4. The van der Waals surface area contributed by atoms with Crippen LogP contribution in [0.5, 0.6) is 0 Å². The van der Waals surface area contributed by atoms with Gasteiger partial charge in [0.05, 0.1) is 22.4 Å². The highest BCUT2D eigenvalue weighted by Gasteiger charge is 2.52. The Morgan fingerprint density at radius 3 is 2.41 bits per heavy atom. The Labute approximate surface area is 219 Å². The van der Waals surface area contributed by atoms with Gasteiger partial charge in [0.15, 0.2) is 0 Å². The molecule has 1 N–H and O–H groups in total. The summed E-state index contributed by atoms with van der Waals surface area (Å²) in [6, 6.07) is 19.0. The molecule has 6 nitrogen and oxygen atoms in total. The van der Waals surface area contributed by atoms with Gasteiger partial charge in [-0.1, -0.05) is 42.5 Å². The second-order valence-electron chi connectivity index (χ2n) is 11.3. The lowest BCUT2D eigenvalue weighted by atomic mass is 9.77. The topological polar surface area (TPSA) is 61.2 Å². The number of nitrogens with one attached hydrogen (secondary N) is 1. The third-order valence-corrected chi connectivity index (χ3v) is 8.24. The summed E-state index contributed by atoms with van der Waals surface area (Å²) in [6.07, 6.45) is 4.35. The Balaban J connectivity index is 1.42. The van der Waals surface area contributed by atoms with E-state index in [9.17, 15) is 0 Å². The largest absolute Gasteiger partial charge is 0.495 e. The maximum absolute atomic E-state index is 6.41. The first-order valence-electron chi connectivity index (χ1n) is 13.4. The molecular weight excluding hydrogens is 459 g/mol. The van der Waals surface area contributed by atoms with Crippen LogP contribution in [0.2, 0.25) is 0 Å². The molecule has 0 spiro atoms. The van der Waals surface area contributed by atoms with Crippen molar-refractivity contribution in [2.75, 3.05) is 5.32 Å². The monoisotopic (exact) mass is 494 g/mol. The molecule has 7 heteroatoms. The second-order valence-corrected chi connectivity index (χ2v) is 11.3. The van der Waals surface area contributed by atoms with Crippen LogP contribution in [0.3, 0.4) is 0 Å². The number of hydrogen-bond acceptors (Lipinski definition) is 5. The van der Waals surface area contributed by atoms with Gasteiger partial charge in [-0.25, -0.2) is 4.98 Å². The molecule has 2 aromatic carbocycles. The third-order valence-electron chi connectivity index (χ3n) is 8.24. The van der Waals surface area contributed by atoms with Gasteiger partial charge in [-0.15, -0.1) is 0 Å². The van der Waals surface area contributed by atoms with E-state index in [0.717, 1.165) is 58.9 Å². The van der Waals surface area contributed by atoms with Crippen LogP contribution in [0.1, 0.15) is 63.1 Å². The first kappa shape index (κ1) is 24.2. The number of aromatic nitrogens is 3. The number of fused-ring (bicyclic) bond motifs is 2. The Bertz CT molecular complexity index is 1450. The highest BCUT2D eigenvalue weighted by atomic mass is 16.7. The lowest BCUT2D eigenvalue weighted by Crippen LogP contribution is -2.41. The molecule has 2 aliphatic rings. The fourth-order valence-electron chi connectivity index (χ4n) is 5.44. The molecule has 1 aliphatic heterocycles. The van der Waals surface area contributed by atoms with Gasteiger partial charge in [0.25, 0.3) is 0 Å². The van der Waals surface area contributed by atoms with Crippen molar-refractivity contribution in [1.29, 1.82) is 0 Å². The van der Waals surface area contributed by atoms with Crippen molar-refractivity contribution in [1.82, 2.24) is 14.5 Å². The minimum Gasteiger partial charge on any atom is -0.399 e. The number of rotatable bonds is 5. The summed E-state index contributed by atoms with van der Waals surface area (Å²) in [7, 11) is -0.420. The molecule has 6 rings (SSSR count). The lowest BCUT2D eigenvalue weighted by molar-refractivity contribution is 0.00578. The molecule has 0 unspecified atom stereocenters. The van der Waals surface area contributed by atoms with E-state index in [4.69, 9.17) is 19.3 Å². The van der Waals surface area contributed by atoms with Crippen LogP contribution < -0.4 is 10.8 Å². The van der Waals surface area contributed by atoms with Crippen molar-refractivity contribution in [2.24, 2.45) is 0 Å². The molecule has 4 aromatic rings. The third kappa shape index (κ3) is 4.24. The van der Waals surface area contributed by atoms with Gasteiger partial charge in [-0.3, -0.25) is 4.57 Å². The molecule has 37 heavy (non-hydrogen) atoms. The zero-order valence-corrected chi connectivity index (χ0v) is 22.5. The summed E-state index contributed by atoms with van der Waals surface area (Å²) in [5.74, 6) is 1.67. The number of aryl methyl sites for hydroxylation is 2. The number of benzene rings is 2. The Kier molecular flexibility index (Phi) is 5.88. The SMILES string of the molecule is Cc1cc2c(B3OC(C)(C)C(C)(C)O3)cccc2n1-c1nc2c(c(NCc3ccccc3)n1)CCCC2. The van der Waals surface area contributed by atoms with Gasteiger partial charge in [-0.05, 0) is 83.5 Å². The predicted octanol–water partition coefficient (Wildman–Crippen LogP) is 5.52. The van der Waals surface area contributed by atoms with Gasteiger partial charge >= 0.3 is 7.12 Å². The minimum absolute atomic E-state index is 0.391. The molecule has 0 bridgehead atoms. The molecule has 0 saturated carbocycles. The molecule has 0 atom stereocenters. The van der Waals surface area contributed by atoms with Crippen molar-refractivity contribution >= 4 is 29.3 Å². The quantitative estimate of drug-likeness (QED) is 0.371. The molecule has 190 valence electrons. The summed E-state index contributed by atoms with van der Waals surface area (Å²) in [5.41, 5.74) is 6.07. The number of nitrogens with zero attached hydrogens (tertiary/aromatic N) is 3. The molecule has 0 amide bonds. The van der Waals surface area contributed by atoms with Crippen molar-refractivity contribution in [3.05, 3.63) is 77.1 Å². The van der Waals surface area contributed by atoms with Crippen LogP contribution in [-0.4, -0.2) is 32.9 Å². The molecule has 2 aromatic heterocycles. The Morgan fingerprint density at radius 1 is 0.919 bits per heavy atom. The van der Waals surface area contributed by atoms with Gasteiger partial charge < -0.3 is 14.6 Å². The molecule has 1 aliphatic carbocycles. The van der Waals surface area contributed by atoms with Crippen molar-refractivity contribution < 1.29 is 9.31 Å². The van der Waals surface area contributed by atoms with E-state index >= 15 is 0 Å². The maximum Gasteiger partial charge on any atom is 0.495 e. The van der Waals surface area contributed by atoms with E-state index in [1.807, 2.05) is 6.07 Å². The minimum atomic E-state index is -0.420. The average molecular weight is 494 g/mol. The molecule has 1 fully saturated rings. The van der Waals surface area contributed by atoms with E-state index < -0.39 is 18.3 Å². The number of anilines is 1. The average Bonchev–Trinajstić information content (AvgIpc) is 3.33. The summed E-state index contributed by atoms with van der Waals surface area (Å²) < 4.78 is 15.0. The molecule has 3 heterocycles. The normalized spacial score (nSPS) is 18.2. The summed E-state index contributed by atoms with van der Waals surface area (Å²) in [4.78, 5) is 10.2. The molecular formula is C30H35BN4O2. The fourth-order valence-corrected chi connectivity index (χ4v) is 5.44. The smallest absolute Gasteiger partial charge is 0.399 e. The summed E-state index contributed by atoms with van der Waals surface area (Å²) in [6.45, 7) is 11.2. The van der Waals surface area contributed by atoms with Crippen LogP contribution in [0.25, 0.3) is 16.9 Å². The molecule has 0 radical (unpaired) electrons. The lowest BCUT2D eigenvalue weighted by Gasteiger charge is -2.32. The van der Waals surface area contributed by atoms with Crippen LogP contribution >= 0.6 is 0 Å². The van der Waals surface area contributed by atoms with Gasteiger partial charge in [0.2, 0.25) is 5.95 Å². The summed E-state index contributed by atoms with van der Waals surface area (Å²) in [5, 5.41) is 4.74. The Hall–Kier alpha value is -3.16. The zero-order valence-electron chi connectivity index (χ0n) is 22.5. The molecule has 1 saturated heterocycles. The van der Waals surface area contributed by atoms with Crippen LogP contribution in [0, 0.1) is 6.92 Å². The van der Waals surface area contributed by atoms with E-state index in [1.165, 1.54) is 24.0 Å². The summed E-state index contributed by atoms with van der Waals surface area (Å²) >= 11 is 0. The first-order chi connectivity index (χ1) is 17.7. The van der Waals surface area contributed by atoms with Crippen molar-refractivity contribution in [3.63, 3.8) is 0 Å². The standard InChI is InChI=1S/C30H35BN4O2/c1-20-18-23-24(31-36-29(2,3)30(4,5)37-31)15-11-17-26(23)35(20)28-33-25-16-10-9-14-22(25)27(34-28)32-19-21-12-7-6-8-13-21/h6-8,11-13,15,17-18H,9-10,14,16,19H2,1-5H3,(H,32,33,34).